The maximum absolute atomic E-state index is 12.7. The molecule has 0 radical (unpaired) electrons. The lowest BCUT2D eigenvalue weighted by Crippen LogP contribution is -2.28. The van der Waals surface area contributed by atoms with Crippen molar-refractivity contribution in [2.75, 3.05) is 6.54 Å². The van der Waals surface area contributed by atoms with Gasteiger partial charge >= 0.3 is 0 Å². The second-order valence-corrected chi connectivity index (χ2v) is 6.14. The molecule has 0 unspecified atom stereocenters. The average Bonchev–Trinajstić information content (AvgIpc) is 2.81. The van der Waals surface area contributed by atoms with Crippen molar-refractivity contribution in [1.82, 2.24) is 5.32 Å². The van der Waals surface area contributed by atoms with Gasteiger partial charge in [-0.2, -0.15) is 0 Å². The van der Waals surface area contributed by atoms with Gasteiger partial charge in [0.05, 0.1) is 5.57 Å². The Balaban J connectivity index is 2.37. The van der Waals surface area contributed by atoms with Crippen molar-refractivity contribution in [3.63, 3.8) is 0 Å². The minimum absolute atomic E-state index is 0.155. The Morgan fingerprint density at radius 1 is 1.00 bits per heavy atom. The molecule has 1 aliphatic carbocycles. The second kappa shape index (κ2) is 7.99. The van der Waals surface area contributed by atoms with E-state index < -0.39 is 0 Å². The third-order valence-corrected chi connectivity index (χ3v) is 4.29. The number of phenolic OH excluding ortho intramolecular Hbond substituents is 2. The molecule has 0 fully saturated rings. The van der Waals surface area contributed by atoms with Crippen LogP contribution in [0.3, 0.4) is 0 Å². The maximum Gasteiger partial charge on any atom is 0.255 e. The Kier molecular flexibility index (Phi) is 6.01. The van der Waals surface area contributed by atoms with Gasteiger partial charge in [0.25, 0.3) is 5.91 Å². The van der Waals surface area contributed by atoms with Crippen LogP contribution in [0.15, 0.2) is 17.7 Å². The Hall–Kier alpha value is -2.30. The zero-order valence-corrected chi connectivity index (χ0v) is 14.3. The van der Waals surface area contributed by atoms with Crippen molar-refractivity contribution in [3.8, 4) is 11.5 Å². The number of carbonyl (C=O) groups excluding carboxylic acids is 2. The van der Waals surface area contributed by atoms with E-state index in [-0.39, 0.29) is 34.3 Å². The summed E-state index contributed by atoms with van der Waals surface area (Å²) >= 11 is 0. The lowest BCUT2D eigenvalue weighted by molar-refractivity contribution is -0.117. The van der Waals surface area contributed by atoms with Gasteiger partial charge in [0, 0.05) is 12.1 Å². The van der Waals surface area contributed by atoms with Crippen LogP contribution >= 0.6 is 0 Å². The first-order chi connectivity index (χ1) is 11.5. The zero-order chi connectivity index (χ0) is 17.7. The van der Waals surface area contributed by atoms with Gasteiger partial charge in [0.1, 0.15) is 0 Å². The number of hydrogen-bond acceptors (Lipinski definition) is 4. The standard InChI is InChI=1S/C19H25NO4/c1-3-5-7-8-12-13-10-15(21)16(22)11-14(13)18(23)17(12)19(24)20-9-6-4-2/h10-11,21-22H,3-9H2,1-2H3,(H,20,24). The van der Waals surface area contributed by atoms with Gasteiger partial charge in [0.15, 0.2) is 17.3 Å². The number of hydrogen-bond donors (Lipinski definition) is 3. The highest BCUT2D eigenvalue weighted by Crippen LogP contribution is 2.41. The SMILES string of the molecule is CCCCCC1=C(C(=O)NCCCC)C(=O)c2cc(O)c(O)cc21. The highest BCUT2D eigenvalue weighted by molar-refractivity contribution is 6.34. The molecular weight excluding hydrogens is 306 g/mol. The Bertz CT molecular complexity index is 676. The van der Waals surface area contributed by atoms with Crippen LogP contribution in [0.25, 0.3) is 5.57 Å². The van der Waals surface area contributed by atoms with E-state index in [1.807, 2.05) is 6.92 Å². The van der Waals surface area contributed by atoms with E-state index in [1.165, 1.54) is 12.1 Å². The topological polar surface area (TPSA) is 86.6 Å². The molecule has 0 heterocycles. The quantitative estimate of drug-likeness (QED) is 0.386. The van der Waals surface area contributed by atoms with Crippen molar-refractivity contribution in [2.45, 2.75) is 52.4 Å². The van der Waals surface area contributed by atoms with Crippen LogP contribution in [0.5, 0.6) is 11.5 Å². The molecule has 1 aliphatic rings. The number of phenols is 2. The molecule has 5 heteroatoms. The van der Waals surface area contributed by atoms with Crippen molar-refractivity contribution in [1.29, 1.82) is 0 Å². The molecule has 24 heavy (non-hydrogen) atoms. The van der Waals surface area contributed by atoms with Gasteiger partial charge in [-0.15, -0.1) is 0 Å². The van der Waals surface area contributed by atoms with E-state index >= 15 is 0 Å². The molecule has 1 aromatic carbocycles. The molecule has 2 rings (SSSR count). The summed E-state index contributed by atoms with van der Waals surface area (Å²) in [5.41, 5.74) is 1.68. The molecule has 0 saturated heterocycles. The van der Waals surface area contributed by atoms with Crippen LogP contribution in [0.2, 0.25) is 0 Å². The van der Waals surface area contributed by atoms with Gasteiger partial charge in [-0.05, 0) is 42.5 Å². The molecule has 1 aromatic rings. The summed E-state index contributed by atoms with van der Waals surface area (Å²) in [5.74, 6) is -1.36. The van der Waals surface area contributed by atoms with E-state index in [1.54, 1.807) is 0 Å². The third kappa shape index (κ3) is 3.61. The molecule has 130 valence electrons. The summed E-state index contributed by atoms with van der Waals surface area (Å²) in [4.78, 5) is 25.2. The summed E-state index contributed by atoms with van der Waals surface area (Å²) in [6.07, 6.45) is 5.32. The van der Waals surface area contributed by atoms with Crippen LogP contribution in [0.4, 0.5) is 0 Å². The van der Waals surface area contributed by atoms with Crippen molar-refractivity contribution >= 4 is 17.3 Å². The fourth-order valence-electron chi connectivity index (χ4n) is 2.94. The Labute approximate surface area is 142 Å². The highest BCUT2D eigenvalue weighted by atomic mass is 16.3. The van der Waals surface area contributed by atoms with Crippen LogP contribution in [0, 0.1) is 0 Å². The van der Waals surface area contributed by atoms with Gasteiger partial charge in [0.2, 0.25) is 0 Å². The van der Waals surface area contributed by atoms with Crippen molar-refractivity contribution < 1.29 is 19.8 Å². The lowest BCUT2D eigenvalue weighted by Gasteiger charge is -2.09. The number of benzene rings is 1. The van der Waals surface area contributed by atoms with E-state index in [4.69, 9.17) is 0 Å². The lowest BCUT2D eigenvalue weighted by atomic mass is 9.98. The number of Topliss-reactive ketones (excluding diaryl/α,β-unsaturated/α-hetero) is 1. The first kappa shape index (κ1) is 18.0. The van der Waals surface area contributed by atoms with Crippen molar-refractivity contribution in [3.05, 3.63) is 28.8 Å². The molecule has 5 nitrogen and oxygen atoms in total. The molecule has 0 aliphatic heterocycles. The van der Waals surface area contributed by atoms with Gasteiger partial charge < -0.3 is 15.5 Å². The van der Waals surface area contributed by atoms with Gasteiger partial charge in [-0.3, -0.25) is 9.59 Å². The van der Waals surface area contributed by atoms with Gasteiger partial charge in [-0.1, -0.05) is 33.1 Å². The molecule has 1 amide bonds. The molecule has 3 N–H and O–H groups in total. The first-order valence-electron chi connectivity index (χ1n) is 8.63. The maximum atomic E-state index is 12.7. The number of nitrogens with one attached hydrogen (secondary N) is 1. The Morgan fingerprint density at radius 3 is 2.25 bits per heavy atom. The number of rotatable bonds is 8. The molecular formula is C19H25NO4. The fourth-order valence-corrected chi connectivity index (χ4v) is 2.94. The Morgan fingerprint density at radius 2 is 1.62 bits per heavy atom. The number of allylic oxidation sites excluding steroid dienone is 1. The molecule has 0 bridgehead atoms. The number of carbonyl (C=O) groups is 2. The third-order valence-electron chi connectivity index (χ3n) is 4.29. The molecule has 0 saturated carbocycles. The summed E-state index contributed by atoms with van der Waals surface area (Å²) in [6, 6.07) is 2.63. The number of fused-ring (bicyclic) bond motifs is 1. The predicted octanol–water partition coefficient (Wildman–Crippen LogP) is 3.54. The summed E-state index contributed by atoms with van der Waals surface area (Å²) in [5, 5.41) is 22.2. The van der Waals surface area contributed by atoms with Gasteiger partial charge in [-0.25, -0.2) is 0 Å². The van der Waals surface area contributed by atoms with E-state index in [2.05, 4.69) is 12.2 Å². The fraction of sp³-hybridized carbons (Fsp3) is 0.474. The second-order valence-electron chi connectivity index (χ2n) is 6.14. The number of aromatic hydroxyl groups is 2. The summed E-state index contributed by atoms with van der Waals surface area (Å²) in [6.45, 7) is 4.65. The van der Waals surface area contributed by atoms with Crippen LogP contribution in [-0.2, 0) is 4.79 Å². The predicted molar refractivity (Wildman–Crippen MR) is 93.1 cm³/mol. The monoisotopic (exact) mass is 331 g/mol. The minimum Gasteiger partial charge on any atom is -0.504 e. The largest absolute Gasteiger partial charge is 0.504 e. The van der Waals surface area contributed by atoms with Crippen LogP contribution in [0.1, 0.15) is 68.3 Å². The molecule has 0 spiro atoms. The van der Waals surface area contributed by atoms with Crippen LogP contribution in [-0.4, -0.2) is 28.4 Å². The number of amides is 1. The van der Waals surface area contributed by atoms with E-state index in [0.717, 1.165) is 32.1 Å². The molecule has 0 aromatic heterocycles. The first-order valence-corrected chi connectivity index (χ1v) is 8.63. The smallest absolute Gasteiger partial charge is 0.255 e. The summed E-state index contributed by atoms with van der Waals surface area (Å²) < 4.78 is 0. The molecule has 0 atom stereocenters. The normalized spacial score (nSPS) is 13.3. The average molecular weight is 331 g/mol. The zero-order valence-electron chi connectivity index (χ0n) is 14.3. The van der Waals surface area contributed by atoms with Crippen LogP contribution < -0.4 is 5.32 Å². The number of unbranched alkanes of at least 4 members (excludes halogenated alkanes) is 3. The van der Waals surface area contributed by atoms with Crippen molar-refractivity contribution in [2.24, 2.45) is 0 Å². The van der Waals surface area contributed by atoms with E-state index in [0.29, 0.717) is 24.1 Å². The summed E-state index contributed by atoms with van der Waals surface area (Å²) in [7, 11) is 0. The number of ketones is 1. The minimum atomic E-state index is -0.374. The highest BCUT2D eigenvalue weighted by Gasteiger charge is 2.34. The van der Waals surface area contributed by atoms with E-state index in [9.17, 15) is 19.8 Å².